The van der Waals surface area contributed by atoms with Crippen molar-refractivity contribution in [2.75, 3.05) is 7.05 Å². The molecule has 2 heterocycles. The molecule has 0 atom stereocenters. The Labute approximate surface area is 105 Å². The van der Waals surface area contributed by atoms with E-state index in [2.05, 4.69) is 27.3 Å². The lowest BCUT2D eigenvalue weighted by Gasteiger charge is -2.14. The number of rotatable bonds is 5. The Morgan fingerprint density at radius 3 is 2.71 bits per heavy atom. The summed E-state index contributed by atoms with van der Waals surface area (Å²) in [6, 6.07) is 4.06. The van der Waals surface area contributed by atoms with Crippen LogP contribution in [-0.4, -0.2) is 21.9 Å². The van der Waals surface area contributed by atoms with Crippen molar-refractivity contribution in [1.82, 2.24) is 14.9 Å². The fourth-order valence-electron chi connectivity index (χ4n) is 1.65. The molecule has 2 N–H and O–H groups in total. The van der Waals surface area contributed by atoms with Crippen molar-refractivity contribution in [2.24, 2.45) is 5.73 Å². The number of nitrogens with two attached hydrogens (primary N) is 1. The van der Waals surface area contributed by atoms with Gasteiger partial charge in [0, 0.05) is 37.4 Å². The van der Waals surface area contributed by atoms with Crippen LogP contribution in [0.1, 0.15) is 16.3 Å². The summed E-state index contributed by atoms with van der Waals surface area (Å²) in [5.41, 5.74) is 7.90. The number of aromatic nitrogens is 2. The van der Waals surface area contributed by atoms with Crippen molar-refractivity contribution in [3.05, 3.63) is 46.2 Å². The molecule has 0 saturated carbocycles. The van der Waals surface area contributed by atoms with E-state index in [9.17, 15) is 0 Å². The summed E-state index contributed by atoms with van der Waals surface area (Å²) in [5, 5.41) is 3.07. The first-order chi connectivity index (χ1) is 8.28. The third-order valence-electron chi connectivity index (χ3n) is 2.41. The van der Waals surface area contributed by atoms with E-state index in [-0.39, 0.29) is 0 Å². The van der Waals surface area contributed by atoms with E-state index in [1.165, 1.54) is 5.56 Å². The Morgan fingerprint density at radius 1 is 1.29 bits per heavy atom. The van der Waals surface area contributed by atoms with Gasteiger partial charge in [-0.25, -0.2) is 4.98 Å². The van der Waals surface area contributed by atoms with Crippen LogP contribution in [0.25, 0.3) is 0 Å². The Hall–Kier alpha value is -1.30. The quantitative estimate of drug-likeness (QED) is 0.873. The zero-order chi connectivity index (χ0) is 12.1. The molecular formula is C12H16N4S. The summed E-state index contributed by atoms with van der Waals surface area (Å²) in [4.78, 5) is 10.7. The van der Waals surface area contributed by atoms with E-state index in [1.807, 2.05) is 24.5 Å². The minimum Gasteiger partial charge on any atom is -0.325 e. The SMILES string of the molecule is CN(Cc1ccncc1)Cc1csc(CN)n1. The van der Waals surface area contributed by atoms with E-state index in [1.54, 1.807) is 11.3 Å². The highest BCUT2D eigenvalue weighted by atomic mass is 32.1. The molecule has 90 valence electrons. The summed E-state index contributed by atoms with van der Waals surface area (Å²) in [5.74, 6) is 0. The highest BCUT2D eigenvalue weighted by molar-refractivity contribution is 7.09. The van der Waals surface area contributed by atoms with Gasteiger partial charge in [-0.2, -0.15) is 0 Å². The molecule has 0 aliphatic heterocycles. The van der Waals surface area contributed by atoms with Gasteiger partial charge in [-0.05, 0) is 24.7 Å². The van der Waals surface area contributed by atoms with Crippen molar-refractivity contribution >= 4 is 11.3 Å². The van der Waals surface area contributed by atoms with Crippen molar-refractivity contribution in [1.29, 1.82) is 0 Å². The standard InChI is InChI=1S/C12H16N4S/c1-16(7-10-2-4-14-5-3-10)8-11-9-17-12(6-13)15-11/h2-5,9H,6-8,13H2,1H3. The summed E-state index contributed by atoms with van der Waals surface area (Å²) >= 11 is 1.63. The van der Waals surface area contributed by atoms with Crippen LogP contribution in [0.5, 0.6) is 0 Å². The van der Waals surface area contributed by atoms with Crippen molar-refractivity contribution in [3.63, 3.8) is 0 Å². The molecule has 0 aliphatic carbocycles. The number of nitrogens with zero attached hydrogens (tertiary/aromatic N) is 3. The van der Waals surface area contributed by atoms with E-state index >= 15 is 0 Å². The van der Waals surface area contributed by atoms with E-state index in [0.29, 0.717) is 6.54 Å². The Kier molecular flexibility index (Phi) is 4.19. The summed E-state index contributed by atoms with van der Waals surface area (Å²) in [6.07, 6.45) is 3.64. The van der Waals surface area contributed by atoms with Crippen LogP contribution in [0.3, 0.4) is 0 Å². The fraction of sp³-hybridized carbons (Fsp3) is 0.333. The smallest absolute Gasteiger partial charge is 0.106 e. The number of pyridine rings is 1. The minimum absolute atomic E-state index is 0.527. The molecule has 2 aromatic heterocycles. The van der Waals surface area contributed by atoms with Crippen molar-refractivity contribution in [2.45, 2.75) is 19.6 Å². The maximum Gasteiger partial charge on any atom is 0.106 e. The lowest BCUT2D eigenvalue weighted by molar-refractivity contribution is 0.315. The molecule has 0 fully saturated rings. The average Bonchev–Trinajstić information content (AvgIpc) is 2.78. The normalized spacial score (nSPS) is 11.0. The molecule has 17 heavy (non-hydrogen) atoms. The van der Waals surface area contributed by atoms with Crippen LogP contribution in [0.2, 0.25) is 0 Å². The second-order valence-electron chi connectivity index (χ2n) is 3.96. The molecule has 5 heteroatoms. The van der Waals surface area contributed by atoms with Gasteiger partial charge in [-0.15, -0.1) is 11.3 Å². The molecule has 0 saturated heterocycles. The topological polar surface area (TPSA) is 55.0 Å². The maximum absolute atomic E-state index is 5.54. The van der Waals surface area contributed by atoms with Gasteiger partial charge >= 0.3 is 0 Å². The predicted molar refractivity (Wildman–Crippen MR) is 69.4 cm³/mol. The van der Waals surface area contributed by atoms with Crippen LogP contribution in [0.4, 0.5) is 0 Å². The van der Waals surface area contributed by atoms with Gasteiger partial charge in [0.1, 0.15) is 5.01 Å². The van der Waals surface area contributed by atoms with E-state index in [0.717, 1.165) is 23.8 Å². The Bertz CT molecular complexity index is 455. The number of thiazole rings is 1. The molecule has 0 radical (unpaired) electrons. The Morgan fingerprint density at radius 2 is 2.06 bits per heavy atom. The van der Waals surface area contributed by atoms with Crippen LogP contribution in [-0.2, 0) is 19.6 Å². The summed E-state index contributed by atoms with van der Waals surface area (Å²) in [6.45, 7) is 2.27. The van der Waals surface area contributed by atoms with Gasteiger partial charge in [-0.3, -0.25) is 9.88 Å². The third kappa shape index (κ3) is 3.59. The van der Waals surface area contributed by atoms with Crippen LogP contribution >= 0.6 is 11.3 Å². The molecular weight excluding hydrogens is 232 g/mol. The summed E-state index contributed by atoms with van der Waals surface area (Å²) in [7, 11) is 2.09. The summed E-state index contributed by atoms with van der Waals surface area (Å²) < 4.78 is 0. The first kappa shape index (κ1) is 12.2. The molecule has 0 amide bonds. The zero-order valence-corrected chi connectivity index (χ0v) is 10.7. The molecule has 2 aromatic rings. The minimum atomic E-state index is 0.527. The molecule has 0 unspecified atom stereocenters. The van der Waals surface area contributed by atoms with Crippen molar-refractivity contribution in [3.8, 4) is 0 Å². The van der Waals surface area contributed by atoms with E-state index < -0.39 is 0 Å². The van der Waals surface area contributed by atoms with Crippen LogP contribution < -0.4 is 5.73 Å². The molecule has 2 rings (SSSR count). The zero-order valence-electron chi connectivity index (χ0n) is 9.84. The predicted octanol–water partition coefficient (Wildman–Crippen LogP) is 1.63. The van der Waals surface area contributed by atoms with Gasteiger partial charge in [0.2, 0.25) is 0 Å². The number of hydrogen-bond acceptors (Lipinski definition) is 5. The van der Waals surface area contributed by atoms with Crippen LogP contribution in [0.15, 0.2) is 29.9 Å². The molecule has 4 nitrogen and oxygen atoms in total. The van der Waals surface area contributed by atoms with Gasteiger partial charge in [-0.1, -0.05) is 0 Å². The van der Waals surface area contributed by atoms with Gasteiger partial charge in [0.15, 0.2) is 0 Å². The van der Waals surface area contributed by atoms with Gasteiger partial charge in [0.25, 0.3) is 0 Å². The van der Waals surface area contributed by atoms with E-state index in [4.69, 9.17) is 5.73 Å². The van der Waals surface area contributed by atoms with Gasteiger partial charge < -0.3 is 5.73 Å². The maximum atomic E-state index is 5.54. The monoisotopic (exact) mass is 248 g/mol. The highest BCUT2D eigenvalue weighted by Gasteiger charge is 2.05. The number of hydrogen-bond donors (Lipinski definition) is 1. The fourth-order valence-corrected chi connectivity index (χ4v) is 2.31. The second-order valence-corrected chi connectivity index (χ2v) is 4.91. The average molecular weight is 248 g/mol. The third-order valence-corrected chi connectivity index (χ3v) is 3.33. The van der Waals surface area contributed by atoms with Crippen molar-refractivity contribution < 1.29 is 0 Å². The largest absolute Gasteiger partial charge is 0.325 e. The second kappa shape index (κ2) is 5.86. The first-order valence-corrected chi connectivity index (χ1v) is 6.36. The molecule has 0 aromatic carbocycles. The van der Waals surface area contributed by atoms with Gasteiger partial charge in [0.05, 0.1) is 5.69 Å². The lowest BCUT2D eigenvalue weighted by Crippen LogP contribution is -2.17. The highest BCUT2D eigenvalue weighted by Crippen LogP contribution is 2.11. The lowest BCUT2D eigenvalue weighted by atomic mass is 10.2. The Balaban J connectivity index is 1.91. The first-order valence-electron chi connectivity index (χ1n) is 5.48. The van der Waals surface area contributed by atoms with Crippen LogP contribution in [0, 0.1) is 0 Å². The molecule has 0 spiro atoms. The molecule has 0 bridgehead atoms. The molecule has 0 aliphatic rings.